The molecule has 0 aromatic carbocycles. The van der Waals surface area contributed by atoms with E-state index in [0.29, 0.717) is 0 Å². The number of hydrogen-bond acceptors (Lipinski definition) is 14. The summed E-state index contributed by atoms with van der Waals surface area (Å²) in [6.45, 7) is -0.788. The van der Waals surface area contributed by atoms with Crippen molar-refractivity contribution in [2.45, 2.75) is 25.0 Å². The van der Waals surface area contributed by atoms with E-state index in [1.54, 1.807) is 0 Å². The summed E-state index contributed by atoms with van der Waals surface area (Å²) in [5.74, 6) is 1.16. The molecule has 1 saturated carbocycles. The number of nitrogens with zero attached hydrogens (tertiary/aromatic N) is 2. The van der Waals surface area contributed by atoms with Crippen LogP contribution >= 0.6 is 23.5 Å². The third-order valence-corrected chi connectivity index (χ3v) is 7.67. The molecular weight excluding hydrogens is 471 g/mol. The standard InChI is InChI=1S/C12H18N3O12P3/c1-2-7-5-15(12(17)14-11(7)13)9-3-8(10(16)4-9)6-25-29(21,22)27-30(23,24)26-28(18,19)20/h1,5,8-10,16H,3-4,6H2,(H,21,22)(H,23,24)(H2,13,14,17)(H2,18,19,20)/p-4/t8-,9-,10?/m1/s1. The molecule has 1 heterocycles. The van der Waals surface area contributed by atoms with E-state index in [9.17, 15) is 43.2 Å². The van der Waals surface area contributed by atoms with Gasteiger partial charge in [-0.3, -0.25) is 18.0 Å². The van der Waals surface area contributed by atoms with E-state index in [1.165, 1.54) is 6.20 Å². The summed E-state index contributed by atoms with van der Waals surface area (Å²) in [4.78, 5) is 58.8. The van der Waals surface area contributed by atoms with Gasteiger partial charge in [0, 0.05) is 18.2 Å². The van der Waals surface area contributed by atoms with Crippen molar-refractivity contribution in [1.29, 1.82) is 0 Å². The first-order chi connectivity index (χ1) is 13.6. The lowest BCUT2D eigenvalue weighted by atomic mass is 10.1. The van der Waals surface area contributed by atoms with E-state index in [-0.39, 0.29) is 24.2 Å². The van der Waals surface area contributed by atoms with E-state index < -0.39 is 53.8 Å². The molecule has 1 aromatic rings. The van der Waals surface area contributed by atoms with Crippen LogP contribution < -0.4 is 31.0 Å². The van der Waals surface area contributed by atoms with Crippen LogP contribution in [0.3, 0.4) is 0 Å². The van der Waals surface area contributed by atoms with Crippen molar-refractivity contribution in [3.63, 3.8) is 0 Å². The molecule has 3 N–H and O–H groups in total. The van der Waals surface area contributed by atoms with Gasteiger partial charge in [0.1, 0.15) is 5.82 Å². The fraction of sp³-hybridized carbons (Fsp3) is 0.500. The highest BCUT2D eigenvalue weighted by atomic mass is 31.3. The number of aliphatic hydroxyl groups is 1. The molecular formula is C12H14N3O12P3-4. The van der Waals surface area contributed by atoms with Crippen LogP contribution in [0.4, 0.5) is 5.82 Å². The number of aliphatic hydroxyl groups excluding tert-OH is 1. The van der Waals surface area contributed by atoms with E-state index in [2.05, 4.69) is 24.0 Å². The summed E-state index contributed by atoms with van der Waals surface area (Å²) in [7, 11) is -17.9. The van der Waals surface area contributed by atoms with Crippen LogP contribution in [-0.2, 0) is 26.8 Å². The van der Waals surface area contributed by atoms with E-state index in [0.717, 1.165) is 4.57 Å². The number of nitrogens with two attached hydrogens (primary N) is 1. The maximum Gasteiger partial charge on any atom is 0.349 e. The molecule has 0 amide bonds. The van der Waals surface area contributed by atoms with Gasteiger partial charge >= 0.3 is 5.69 Å². The van der Waals surface area contributed by atoms with Crippen molar-refractivity contribution in [2.24, 2.45) is 5.92 Å². The zero-order valence-corrected chi connectivity index (χ0v) is 17.4. The van der Waals surface area contributed by atoms with Crippen LogP contribution in [-0.4, -0.2) is 27.4 Å². The number of aromatic nitrogens is 2. The van der Waals surface area contributed by atoms with Crippen LogP contribution in [0.1, 0.15) is 24.4 Å². The third kappa shape index (κ3) is 6.81. The molecule has 5 atom stereocenters. The van der Waals surface area contributed by atoms with Crippen molar-refractivity contribution < 1.29 is 51.5 Å². The lowest BCUT2D eigenvalue weighted by Crippen LogP contribution is -2.27. The summed E-state index contributed by atoms with van der Waals surface area (Å²) < 4.78 is 44.9. The minimum Gasteiger partial charge on any atom is -0.790 e. The van der Waals surface area contributed by atoms with Crippen LogP contribution in [0, 0.1) is 18.3 Å². The minimum absolute atomic E-state index is 0.00145. The lowest BCUT2D eigenvalue weighted by molar-refractivity contribution is -0.339. The Morgan fingerprint density at radius 3 is 2.43 bits per heavy atom. The van der Waals surface area contributed by atoms with Crippen LogP contribution in [0.2, 0.25) is 0 Å². The first kappa shape index (κ1) is 24.9. The zero-order chi connectivity index (χ0) is 22.9. The summed E-state index contributed by atoms with van der Waals surface area (Å²) in [6.07, 6.45) is 5.31. The molecule has 168 valence electrons. The second-order valence-corrected chi connectivity index (χ2v) is 10.4. The Morgan fingerprint density at radius 1 is 1.23 bits per heavy atom. The van der Waals surface area contributed by atoms with Gasteiger partial charge in [0.2, 0.25) is 0 Å². The second-order valence-electron chi connectivity index (χ2n) is 6.13. The average Bonchev–Trinajstić information content (AvgIpc) is 2.90. The van der Waals surface area contributed by atoms with Gasteiger partial charge in [-0.2, -0.15) is 4.98 Å². The quantitative estimate of drug-likeness (QED) is 0.274. The Morgan fingerprint density at radius 2 is 1.87 bits per heavy atom. The zero-order valence-electron chi connectivity index (χ0n) is 14.8. The Hall–Kier alpha value is -1.39. The molecule has 1 aliphatic rings. The molecule has 0 bridgehead atoms. The Balaban J connectivity index is 2.05. The molecule has 18 heteroatoms. The lowest BCUT2D eigenvalue weighted by Gasteiger charge is -2.37. The largest absolute Gasteiger partial charge is 0.790 e. The molecule has 1 aromatic heterocycles. The molecule has 0 radical (unpaired) electrons. The van der Waals surface area contributed by atoms with E-state index in [4.69, 9.17) is 12.2 Å². The highest BCUT2D eigenvalue weighted by molar-refractivity contribution is 7.64. The van der Waals surface area contributed by atoms with Crippen LogP contribution in [0.15, 0.2) is 11.0 Å². The molecule has 0 spiro atoms. The number of rotatable bonds is 8. The van der Waals surface area contributed by atoms with Gasteiger partial charge in [0.15, 0.2) is 0 Å². The first-order valence-electron chi connectivity index (χ1n) is 7.87. The van der Waals surface area contributed by atoms with Crippen molar-refractivity contribution in [3.05, 3.63) is 22.2 Å². The predicted octanol–water partition coefficient (Wildman–Crippen LogP) is -3.07. The van der Waals surface area contributed by atoms with Gasteiger partial charge in [-0.05, 0) is 12.8 Å². The second kappa shape index (κ2) is 9.00. The molecule has 1 fully saturated rings. The SMILES string of the molecule is C#Cc1cn([C@H]2CC(O)[C@@H](COP(=O)([O-])OP(=O)([O-])OP(=O)([O-])[O-])C2)c(=O)nc1N. The molecule has 30 heavy (non-hydrogen) atoms. The number of anilines is 1. The summed E-state index contributed by atoms with van der Waals surface area (Å²) >= 11 is 0. The van der Waals surface area contributed by atoms with Crippen molar-refractivity contribution in [2.75, 3.05) is 12.3 Å². The van der Waals surface area contributed by atoms with Gasteiger partial charge in [-0.25, -0.2) is 9.11 Å². The van der Waals surface area contributed by atoms with Gasteiger partial charge < -0.3 is 39.5 Å². The molecule has 15 nitrogen and oxygen atoms in total. The fourth-order valence-electron chi connectivity index (χ4n) is 2.80. The minimum atomic E-state index is -6.10. The molecule has 0 aliphatic heterocycles. The van der Waals surface area contributed by atoms with E-state index in [1.807, 2.05) is 0 Å². The number of hydrogen-bond donors (Lipinski definition) is 2. The Kier molecular flexibility index (Phi) is 7.46. The van der Waals surface area contributed by atoms with Gasteiger partial charge in [0.05, 0.1) is 26.1 Å². The number of phosphoric acid groups is 3. The smallest absolute Gasteiger partial charge is 0.349 e. The fourth-order valence-corrected chi connectivity index (χ4v) is 5.71. The topological polar surface area (TPSA) is 252 Å². The highest BCUT2D eigenvalue weighted by Crippen LogP contribution is 2.60. The van der Waals surface area contributed by atoms with Crippen molar-refractivity contribution in [3.8, 4) is 12.3 Å². The summed E-state index contributed by atoms with van der Waals surface area (Å²) in [6, 6.07) is -0.658. The third-order valence-electron chi connectivity index (χ3n) is 4.01. The number of phosphoric ester groups is 1. The maximum absolute atomic E-state index is 12.0. The highest BCUT2D eigenvalue weighted by Gasteiger charge is 2.36. The number of nitrogen functional groups attached to an aromatic ring is 1. The van der Waals surface area contributed by atoms with Crippen LogP contribution in [0.5, 0.6) is 0 Å². The van der Waals surface area contributed by atoms with Gasteiger partial charge in [0.25, 0.3) is 15.6 Å². The average molecular weight is 485 g/mol. The van der Waals surface area contributed by atoms with Gasteiger partial charge in [-0.1, -0.05) is 5.92 Å². The van der Waals surface area contributed by atoms with Crippen molar-refractivity contribution >= 4 is 29.3 Å². The molecule has 0 saturated heterocycles. The molecule has 3 unspecified atom stereocenters. The Bertz CT molecular complexity index is 1050. The van der Waals surface area contributed by atoms with E-state index >= 15 is 0 Å². The number of terminal acetylenes is 1. The van der Waals surface area contributed by atoms with Gasteiger partial charge in [-0.15, -0.1) is 6.42 Å². The monoisotopic (exact) mass is 485 g/mol. The van der Waals surface area contributed by atoms with Crippen LogP contribution in [0.25, 0.3) is 0 Å². The predicted molar refractivity (Wildman–Crippen MR) is 89.6 cm³/mol. The Labute approximate surface area is 168 Å². The summed E-state index contributed by atoms with van der Waals surface area (Å²) in [5.41, 5.74) is 4.88. The molecule has 2 rings (SSSR count). The summed E-state index contributed by atoms with van der Waals surface area (Å²) in [5, 5.41) is 10.1. The maximum atomic E-state index is 12.0. The molecule has 1 aliphatic carbocycles. The normalized spacial score (nSPS) is 25.9. The first-order valence-corrected chi connectivity index (χ1v) is 12.3. The van der Waals surface area contributed by atoms with Crippen molar-refractivity contribution in [1.82, 2.24) is 9.55 Å².